The Morgan fingerprint density at radius 2 is 2.00 bits per heavy atom. The Kier molecular flexibility index (Phi) is 10.9. The van der Waals surface area contributed by atoms with E-state index < -0.39 is 5.79 Å². The van der Waals surface area contributed by atoms with E-state index in [9.17, 15) is 9.90 Å². The van der Waals surface area contributed by atoms with Gasteiger partial charge in [-0.25, -0.2) is 4.98 Å². The first-order chi connectivity index (χ1) is 13.0. The van der Waals surface area contributed by atoms with Crippen LogP contribution in [0.4, 0.5) is 5.82 Å². The Balaban J connectivity index is 0.000000906. The van der Waals surface area contributed by atoms with Crippen LogP contribution in [0.3, 0.4) is 0 Å². The van der Waals surface area contributed by atoms with E-state index in [1.165, 1.54) is 20.2 Å². The zero-order valence-electron chi connectivity index (χ0n) is 17.8. The van der Waals surface area contributed by atoms with Crippen molar-refractivity contribution in [1.29, 1.82) is 0 Å². The van der Waals surface area contributed by atoms with Crippen LogP contribution in [0.25, 0.3) is 0 Å². The third-order valence-corrected chi connectivity index (χ3v) is 3.52. The lowest BCUT2D eigenvalue weighted by Crippen LogP contribution is -2.30. The molecule has 3 atom stereocenters. The van der Waals surface area contributed by atoms with Crippen molar-refractivity contribution in [3.8, 4) is 0 Å². The topological polar surface area (TPSA) is 146 Å². The van der Waals surface area contributed by atoms with Crippen molar-refractivity contribution in [2.75, 3.05) is 20.7 Å². The predicted molar refractivity (Wildman–Crippen MR) is 107 cm³/mol. The summed E-state index contributed by atoms with van der Waals surface area (Å²) in [6.07, 6.45) is 2.36. The fraction of sp³-hybridized carbons (Fsp3) is 0.722. The van der Waals surface area contributed by atoms with Crippen LogP contribution in [-0.4, -0.2) is 74.6 Å². The predicted octanol–water partition coefficient (Wildman–Crippen LogP) is 0.853. The highest BCUT2D eigenvalue weighted by Crippen LogP contribution is 2.37. The lowest BCUT2D eigenvalue weighted by molar-refractivity contribution is -0.127. The summed E-state index contributed by atoms with van der Waals surface area (Å²) >= 11 is 0. The molecule has 3 unspecified atom stereocenters. The van der Waals surface area contributed by atoms with Crippen molar-refractivity contribution in [3.05, 3.63) is 12.0 Å². The first-order valence-electron chi connectivity index (χ1n) is 9.22. The number of aliphatic hydroxyl groups is 3. The quantitative estimate of drug-likeness (QED) is 0.251. The van der Waals surface area contributed by atoms with Crippen LogP contribution < -0.4 is 5.73 Å². The molecule has 2 rings (SSSR count). The number of aldehydes is 1. The van der Waals surface area contributed by atoms with Gasteiger partial charge < -0.3 is 30.7 Å². The van der Waals surface area contributed by atoms with Gasteiger partial charge in [0.1, 0.15) is 11.9 Å². The first-order valence-corrected chi connectivity index (χ1v) is 9.22. The lowest BCUT2D eigenvalue weighted by atomic mass is 10.1. The Labute approximate surface area is 166 Å². The van der Waals surface area contributed by atoms with E-state index in [0.717, 1.165) is 6.42 Å². The van der Waals surface area contributed by atoms with E-state index in [1.807, 2.05) is 20.8 Å². The van der Waals surface area contributed by atoms with Crippen LogP contribution in [0.1, 0.15) is 57.8 Å². The minimum atomic E-state index is -1.50. The Morgan fingerprint density at radius 3 is 2.39 bits per heavy atom. The molecule has 1 saturated heterocycles. The molecule has 5 N–H and O–H groups in total. The zero-order chi connectivity index (χ0) is 22.1. The second-order valence-electron chi connectivity index (χ2n) is 6.88. The molecule has 1 aromatic rings. The summed E-state index contributed by atoms with van der Waals surface area (Å²) in [5, 5.41) is 25.4. The molecule has 10 nitrogen and oxygen atoms in total. The molecule has 28 heavy (non-hydrogen) atoms. The van der Waals surface area contributed by atoms with Gasteiger partial charge in [-0.1, -0.05) is 20.8 Å². The van der Waals surface area contributed by atoms with E-state index in [1.54, 1.807) is 23.6 Å². The van der Waals surface area contributed by atoms with Gasteiger partial charge in [-0.2, -0.15) is 4.99 Å². The minimum absolute atomic E-state index is 0.0332. The molecule has 0 radical (unpaired) electrons. The number of hydrogen-bond acceptors (Lipinski definition) is 7. The van der Waals surface area contributed by atoms with E-state index >= 15 is 0 Å². The van der Waals surface area contributed by atoms with Crippen molar-refractivity contribution in [2.24, 2.45) is 16.6 Å². The molecule has 1 aromatic heterocycles. The molecule has 2 heterocycles. The largest absolute Gasteiger partial charge is 0.394 e. The van der Waals surface area contributed by atoms with Crippen molar-refractivity contribution >= 4 is 18.1 Å². The molecule has 0 amide bonds. The maximum absolute atomic E-state index is 11.1. The molecular formula is C18H35N5O5. The highest BCUT2D eigenvalue weighted by atomic mass is 16.5. The van der Waals surface area contributed by atoms with Gasteiger partial charge in [0.05, 0.1) is 19.0 Å². The van der Waals surface area contributed by atoms with Gasteiger partial charge in [-0.05, 0) is 20.3 Å². The molecule has 0 bridgehead atoms. The van der Waals surface area contributed by atoms with Gasteiger partial charge in [-0.15, -0.1) is 0 Å². The summed E-state index contributed by atoms with van der Waals surface area (Å²) in [5.41, 5.74) is 6.04. The summed E-state index contributed by atoms with van der Waals surface area (Å²) in [6.45, 7) is 8.58. The highest BCUT2D eigenvalue weighted by molar-refractivity contribution is 5.85. The maximum Gasteiger partial charge on any atom is 0.197 e. The minimum Gasteiger partial charge on any atom is -0.394 e. The number of imidazole rings is 1. The van der Waals surface area contributed by atoms with Crippen molar-refractivity contribution < 1.29 is 24.9 Å². The SMILES string of the molecule is CC.CC(C)(O)O.CC1CC(CO)OC1n1cnc(C=O)c1/N=C(/N)N(C)C. The molecular weight excluding hydrogens is 366 g/mol. The fourth-order valence-electron chi connectivity index (χ4n) is 2.34. The maximum atomic E-state index is 11.1. The molecule has 1 aliphatic heterocycles. The number of aliphatic imine (C=N–C) groups is 1. The van der Waals surface area contributed by atoms with Gasteiger partial charge >= 0.3 is 0 Å². The van der Waals surface area contributed by atoms with E-state index in [4.69, 9.17) is 20.7 Å². The summed E-state index contributed by atoms with van der Waals surface area (Å²) in [5.74, 6) is -0.693. The summed E-state index contributed by atoms with van der Waals surface area (Å²) in [7, 11) is 3.52. The second kappa shape index (κ2) is 11.7. The third kappa shape index (κ3) is 8.34. The van der Waals surface area contributed by atoms with Crippen LogP contribution in [0.2, 0.25) is 0 Å². The first kappa shape index (κ1) is 26.0. The Bertz CT molecular complexity index is 618. The average molecular weight is 402 g/mol. The normalized spacial score (nSPS) is 21.9. The number of ether oxygens (including phenoxy) is 1. The number of aliphatic hydroxyl groups excluding tert-OH is 1. The van der Waals surface area contributed by atoms with Crippen LogP contribution in [0.15, 0.2) is 11.3 Å². The van der Waals surface area contributed by atoms with Gasteiger partial charge in [0, 0.05) is 20.0 Å². The fourth-order valence-corrected chi connectivity index (χ4v) is 2.34. The van der Waals surface area contributed by atoms with E-state index in [-0.39, 0.29) is 36.5 Å². The average Bonchev–Trinajstić information content (AvgIpc) is 3.17. The smallest absolute Gasteiger partial charge is 0.197 e. The molecule has 1 aliphatic rings. The zero-order valence-corrected chi connectivity index (χ0v) is 17.8. The van der Waals surface area contributed by atoms with Crippen molar-refractivity contribution in [3.63, 3.8) is 0 Å². The van der Waals surface area contributed by atoms with Gasteiger partial charge in [0.25, 0.3) is 0 Å². The van der Waals surface area contributed by atoms with Gasteiger partial charge in [-0.3, -0.25) is 9.36 Å². The van der Waals surface area contributed by atoms with Crippen LogP contribution >= 0.6 is 0 Å². The number of nitrogens with zero attached hydrogens (tertiary/aromatic N) is 4. The third-order valence-electron chi connectivity index (χ3n) is 3.52. The molecule has 0 aliphatic carbocycles. The van der Waals surface area contributed by atoms with E-state index in [2.05, 4.69) is 9.98 Å². The Morgan fingerprint density at radius 1 is 1.46 bits per heavy atom. The molecule has 0 saturated carbocycles. The van der Waals surface area contributed by atoms with Crippen LogP contribution in [-0.2, 0) is 4.74 Å². The van der Waals surface area contributed by atoms with Gasteiger partial charge in [0.2, 0.25) is 0 Å². The summed E-state index contributed by atoms with van der Waals surface area (Å²) in [6, 6.07) is 0. The molecule has 0 spiro atoms. The van der Waals surface area contributed by atoms with Crippen molar-refractivity contribution in [2.45, 2.75) is 59.2 Å². The van der Waals surface area contributed by atoms with Crippen molar-refractivity contribution in [1.82, 2.24) is 14.5 Å². The molecule has 1 fully saturated rings. The monoisotopic (exact) mass is 401 g/mol. The molecule has 10 heteroatoms. The Hall–Kier alpha value is -2.01. The number of hydrogen-bond donors (Lipinski definition) is 4. The number of nitrogens with two attached hydrogens (primary N) is 1. The lowest BCUT2D eigenvalue weighted by Gasteiger charge is -2.19. The van der Waals surface area contributed by atoms with Crippen LogP contribution in [0.5, 0.6) is 0 Å². The second-order valence-corrected chi connectivity index (χ2v) is 6.88. The van der Waals surface area contributed by atoms with E-state index in [0.29, 0.717) is 12.1 Å². The van der Waals surface area contributed by atoms with Gasteiger partial charge in [0.15, 0.2) is 23.9 Å². The number of aromatic nitrogens is 2. The number of rotatable bonds is 4. The number of carbonyl (C=O) groups excluding carboxylic acids is 1. The van der Waals surface area contributed by atoms with Crippen LogP contribution in [0, 0.1) is 5.92 Å². The standard InChI is InChI=1S/C13H21N5O3.C3H8O2.C2H6/c1-8-4-9(5-19)21-12(8)18-7-15-10(6-20)11(18)16-13(14)17(2)3;1-3(2,4)5;1-2/h6-9,12,19H,4-5H2,1-3H3,(H2,14,16);4-5H,1-2H3;1-2H3. The summed E-state index contributed by atoms with van der Waals surface area (Å²) < 4.78 is 7.48. The summed E-state index contributed by atoms with van der Waals surface area (Å²) in [4.78, 5) is 21.1. The highest BCUT2D eigenvalue weighted by Gasteiger charge is 2.34. The molecule has 162 valence electrons. The number of carbonyl (C=O) groups is 1. The number of guanidine groups is 1. The molecule has 0 aromatic carbocycles.